The zero-order valence-electron chi connectivity index (χ0n) is 11.0. The molecule has 1 N–H and O–H groups in total. The molecule has 3 rings (SSSR count). The molecule has 0 amide bonds. The van der Waals surface area contributed by atoms with Gasteiger partial charge in [-0.2, -0.15) is 0 Å². The van der Waals surface area contributed by atoms with Crippen LogP contribution in [0.15, 0.2) is 28.7 Å². The van der Waals surface area contributed by atoms with Crippen molar-refractivity contribution in [2.24, 2.45) is 0 Å². The zero-order valence-corrected chi connectivity index (χ0v) is 11.0. The molecule has 20 heavy (non-hydrogen) atoms. The number of ketones is 1. The van der Waals surface area contributed by atoms with Crippen LogP contribution in [0.3, 0.4) is 0 Å². The second-order valence-corrected chi connectivity index (χ2v) is 5.02. The van der Waals surface area contributed by atoms with Crippen LogP contribution >= 0.6 is 0 Å². The number of piperidine rings is 1. The molecule has 2 heterocycles. The number of rotatable bonds is 3. The number of carbonyl (C=O) groups is 2. The van der Waals surface area contributed by atoms with E-state index in [2.05, 4.69) is 4.90 Å². The van der Waals surface area contributed by atoms with E-state index in [0.717, 1.165) is 0 Å². The van der Waals surface area contributed by atoms with Gasteiger partial charge in [0.1, 0.15) is 22.7 Å². The number of hydrogen-bond donors (Lipinski definition) is 1. The Morgan fingerprint density at radius 1 is 1.25 bits per heavy atom. The summed E-state index contributed by atoms with van der Waals surface area (Å²) in [6.45, 7) is 1.76. The van der Waals surface area contributed by atoms with Crippen molar-refractivity contribution in [1.29, 1.82) is 0 Å². The highest BCUT2D eigenvalue weighted by atomic mass is 16.4. The molecule has 5 heteroatoms. The minimum Gasteiger partial charge on any atom is -0.478 e. The molecular weight excluding hydrogens is 258 g/mol. The van der Waals surface area contributed by atoms with Crippen LogP contribution in [0, 0.1) is 0 Å². The number of carboxylic acid groups (broad SMARTS) is 1. The van der Waals surface area contributed by atoms with E-state index in [-0.39, 0.29) is 11.3 Å². The van der Waals surface area contributed by atoms with Crippen molar-refractivity contribution in [2.75, 3.05) is 13.1 Å². The summed E-state index contributed by atoms with van der Waals surface area (Å²) in [5.41, 5.74) is 0.825. The summed E-state index contributed by atoms with van der Waals surface area (Å²) in [5.74, 6) is -0.240. The summed E-state index contributed by atoms with van der Waals surface area (Å²) in [6.07, 6.45) is 1.06. The van der Waals surface area contributed by atoms with Crippen LogP contribution in [0.5, 0.6) is 0 Å². The number of Topliss-reactive ketones (excluding diaryl/α,β-unsaturated/α-hetero) is 1. The number of benzene rings is 1. The van der Waals surface area contributed by atoms with E-state index in [1.807, 2.05) is 6.07 Å². The first-order valence-electron chi connectivity index (χ1n) is 6.63. The normalized spacial score (nSPS) is 16.7. The maximum absolute atomic E-state index is 11.5. The molecule has 5 nitrogen and oxygen atoms in total. The predicted octanol–water partition coefficient (Wildman–Crippen LogP) is 2.30. The van der Waals surface area contributed by atoms with Crippen LogP contribution < -0.4 is 0 Å². The molecule has 1 fully saturated rings. The molecule has 0 unspecified atom stereocenters. The van der Waals surface area contributed by atoms with Crippen LogP contribution in [-0.2, 0) is 11.3 Å². The van der Waals surface area contributed by atoms with E-state index in [0.29, 0.717) is 49.2 Å². The molecule has 0 aliphatic carbocycles. The van der Waals surface area contributed by atoms with Crippen molar-refractivity contribution in [2.45, 2.75) is 19.4 Å². The summed E-state index contributed by atoms with van der Waals surface area (Å²) >= 11 is 0. The highest BCUT2D eigenvalue weighted by Crippen LogP contribution is 2.27. The molecule has 0 atom stereocenters. The smallest absolute Gasteiger partial charge is 0.339 e. The fraction of sp³-hybridized carbons (Fsp3) is 0.333. The van der Waals surface area contributed by atoms with Gasteiger partial charge < -0.3 is 9.52 Å². The Hall–Kier alpha value is -2.14. The van der Waals surface area contributed by atoms with Crippen LogP contribution in [0.1, 0.15) is 29.0 Å². The number of carbonyl (C=O) groups excluding carboxylic acids is 1. The van der Waals surface area contributed by atoms with Crippen LogP contribution in [0.2, 0.25) is 0 Å². The minimum absolute atomic E-state index is 0.234. The van der Waals surface area contributed by atoms with Crippen LogP contribution in [0.4, 0.5) is 0 Å². The summed E-state index contributed by atoms with van der Waals surface area (Å²) in [5, 5.41) is 10.0. The van der Waals surface area contributed by atoms with Gasteiger partial charge in [-0.1, -0.05) is 18.2 Å². The molecule has 1 aromatic heterocycles. The van der Waals surface area contributed by atoms with Crippen molar-refractivity contribution >= 4 is 22.7 Å². The molecular formula is C15H15NO4. The maximum Gasteiger partial charge on any atom is 0.339 e. The molecule has 2 aromatic rings. The molecule has 104 valence electrons. The Labute approximate surface area is 115 Å². The van der Waals surface area contributed by atoms with Crippen molar-refractivity contribution in [3.63, 3.8) is 0 Å². The highest BCUT2D eigenvalue weighted by molar-refractivity contribution is 6.03. The first-order chi connectivity index (χ1) is 9.65. The first-order valence-corrected chi connectivity index (χ1v) is 6.63. The fourth-order valence-corrected chi connectivity index (χ4v) is 2.61. The third kappa shape index (κ3) is 2.32. The van der Waals surface area contributed by atoms with Gasteiger partial charge in [0.15, 0.2) is 0 Å². The van der Waals surface area contributed by atoms with E-state index in [4.69, 9.17) is 4.42 Å². The van der Waals surface area contributed by atoms with Gasteiger partial charge in [-0.05, 0) is 6.07 Å². The average Bonchev–Trinajstić information content (AvgIpc) is 2.79. The topological polar surface area (TPSA) is 70.8 Å². The molecule has 0 saturated carbocycles. The Balaban J connectivity index is 1.92. The largest absolute Gasteiger partial charge is 0.478 e. The third-order valence-corrected chi connectivity index (χ3v) is 3.66. The Bertz CT molecular complexity index is 664. The SMILES string of the molecule is O=C1CCN(Cc2oc3ccccc3c2C(=O)O)CC1. The summed E-state index contributed by atoms with van der Waals surface area (Å²) in [4.78, 5) is 24.8. The lowest BCUT2D eigenvalue weighted by atomic mass is 10.1. The Morgan fingerprint density at radius 3 is 2.65 bits per heavy atom. The summed E-state index contributed by atoms with van der Waals surface area (Å²) in [6, 6.07) is 7.14. The van der Waals surface area contributed by atoms with Gasteiger partial charge in [-0.15, -0.1) is 0 Å². The second kappa shape index (κ2) is 5.09. The van der Waals surface area contributed by atoms with Crippen LogP contribution in [-0.4, -0.2) is 34.8 Å². The van der Waals surface area contributed by atoms with E-state index in [9.17, 15) is 14.7 Å². The van der Waals surface area contributed by atoms with Gasteiger partial charge in [0, 0.05) is 31.3 Å². The quantitative estimate of drug-likeness (QED) is 0.929. The number of carboxylic acids is 1. The number of hydrogen-bond acceptors (Lipinski definition) is 4. The summed E-state index contributed by atoms with van der Waals surface area (Å²) in [7, 11) is 0. The van der Waals surface area contributed by atoms with E-state index in [1.54, 1.807) is 18.2 Å². The maximum atomic E-state index is 11.5. The Kier molecular flexibility index (Phi) is 3.28. The molecule has 1 aliphatic heterocycles. The second-order valence-electron chi connectivity index (χ2n) is 5.02. The molecule has 1 saturated heterocycles. The molecule has 0 bridgehead atoms. The number of para-hydroxylation sites is 1. The average molecular weight is 273 g/mol. The highest BCUT2D eigenvalue weighted by Gasteiger charge is 2.23. The summed E-state index contributed by atoms with van der Waals surface area (Å²) < 4.78 is 5.68. The van der Waals surface area contributed by atoms with Gasteiger partial charge in [0.25, 0.3) is 0 Å². The molecule has 1 aliphatic rings. The minimum atomic E-state index is -0.974. The Morgan fingerprint density at radius 2 is 1.95 bits per heavy atom. The lowest BCUT2D eigenvalue weighted by molar-refractivity contribution is -0.121. The van der Waals surface area contributed by atoms with Crippen molar-refractivity contribution in [1.82, 2.24) is 4.90 Å². The fourth-order valence-electron chi connectivity index (χ4n) is 2.61. The van der Waals surface area contributed by atoms with E-state index < -0.39 is 5.97 Å². The molecule has 1 aromatic carbocycles. The zero-order chi connectivity index (χ0) is 14.1. The van der Waals surface area contributed by atoms with Crippen molar-refractivity contribution < 1.29 is 19.1 Å². The number of likely N-dealkylation sites (tertiary alicyclic amines) is 1. The first kappa shape index (κ1) is 12.9. The van der Waals surface area contributed by atoms with Gasteiger partial charge in [-0.25, -0.2) is 4.79 Å². The van der Waals surface area contributed by atoms with Crippen LogP contribution in [0.25, 0.3) is 11.0 Å². The number of furan rings is 1. The third-order valence-electron chi connectivity index (χ3n) is 3.66. The van der Waals surface area contributed by atoms with Gasteiger partial charge >= 0.3 is 5.97 Å². The van der Waals surface area contributed by atoms with Crippen molar-refractivity contribution in [3.05, 3.63) is 35.6 Å². The predicted molar refractivity (Wildman–Crippen MR) is 72.7 cm³/mol. The van der Waals surface area contributed by atoms with Crippen molar-refractivity contribution in [3.8, 4) is 0 Å². The number of fused-ring (bicyclic) bond motifs is 1. The molecule has 0 spiro atoms. The monoisotopic (exact) mass is 273 g/mol. The molecule has 0 radical (unpaired) electrons. The van der Waals surface area contributed by atoms with Gasteiger partial charge in [0.2, 0.25) is 0 Å². The van der Waals surface area contributed by atoms with E-state index >= 15 is 0 Å². The lowest BCUT2D eigenvalue weighted by Gasteiger charge is -2.24. The number of nitrogens with zero attached hydrogens (tertiary/aromatic N) is 1. The lowest BCUT2D eigenvalue weighted by Crippen LogP contribution is -2.33. The standard InChI is InChI=1S/C15H15NO4/c17-10-5-7-16(8-6-10)9-13-14(15(18)19)11-3-1-2-4-12(11)20-13/h1-4H,5-9H2,(H,18,19). The number of aromatic carboxylic acids is 1. The van der Waals surface area contributed by atoms with Gasteiger partial charge in [-0.3, -0.25) is 9.69 Å². The van der Waals surface area contributed by atoms with E-state index in [1.165, 1.54) is 0 Å². The van der Waals surface area contributed by atoms with Gasteiger partial charge in [0.05, 0.1) is 6.54 Å².